The lowest BCUT2D eigenvalue weighted by molar-refractivity contribution is 0.581. The summed E-state index contributed by atoms with van der Waals surface area (Å²) in [6.45, 7) is 3.34. The number of nitrogens with one attached hydrogen (secondary N) is 2. The molecule has 0 unspecified atom stereocenters. The van der Waals surface area contributed by atoms with Crippen LogP contribution in [0.3, 0.4) is 0 Å². The molecular formula is C17H27N3. The highest BCUT2D eigenvalue weighted by Crippen LogP contribution is 2.16. The first-order valence-corrected chi connectivity index (χ1v) is 8.07. The van der Waals surface area contributed by atoms with Gasteiger partial charge in [-0.15, -0.1) is 0 Å². The van der Waals surface area contributed by atoms with Crippen LogP contribution in [0.1, 0.15) is 58.3 Å². The second kappa shape index (κ2) is 8.62. The summed E-state index contributed by atoms with van der Waals surface area (Å²) in [7, 11) is 0. The quantitative estimate of drug-likeness (QED) is 0.590. The Kier molecular flexibility index (Phi) is 6.42. The van der Waals surface area contributed by atoms with Crippen molar-refractivity contribution in [3.05, 3.63) is 24.4 Å². The van der Waals surface area contributed by atoms with Gasteiger partial charge < -0.3 is 5.32 Å². The van der Waals surface area contributed by atoms with Gasteiger partial charge in [-0.25, -0.2) is 0 Å². The van der Waals surface area contributed by atoms with Crippen molar-refractivity contribution < 1.29 is 0 Å². The van der Waals surface area contributed by atoms with Gasteiger partial charge in [0.05, 0.1) is 11.7 Å². The lowest BCUT2D eigenvalue weighted by Gasteiger charge is -2.06. The number of aromatic amines is 1. The first kappa shape index (κ1) is 14.9. The van der Waals surface area contributed by atoms with Crippen LogP contribution in [-0.2, 0) is 0 Å². The van der Waals surface area contributed by atoms with E-state index in [-0.39, 0.29) is 0 Å². The van der Waals surface area contributed by atoms with Crippen LogP contribution in [0, 0.1) is 0 Å². The van der Waals surface area contributed by atoms with E-state index in [4.69, 9.17) is 0 Å². The Morgan fingerprint density at radius 3 is 2.55 bits per heavy atom. The Hall–Kier alpha value is -1.51. The van der Waals surface area contributed by atoms with Gasteiger partial charge in [0.25, 0.3) is 0 Å². The number of rotatable bonds is 10. The lowest BCUT2D eigenvalue weighted by atomic mass is 10.1. The summed E-state index contributed by atoms with van der Waals surface area (Å²) in [6, 6.07) is 6.35. The van der Waals surface area contributed by atoms with Crippen molar-refractivity contribution in [2.75, 3.05) is 11.9 Å². The molecule has 1 aromatic carbocycles. The fourth-order valence-corrected chi connectivity index (χ4v) is 2.54. The minimum atomic E-state index is 1.07. The summed E-state index contributed by atoms with van der Waals surface area (Å²) in [5.41, 5.74) is 2.30. The third kappa shape index (κ3) is 4.87. The van der Waals surface area contributed by atoms with Gasteiger partial charge in [-0.1, -0.05) is 51.9 Å². The molecule has 0 aliphatic carbocycles. The molecule has 0 fully saturated rings. The smallest absolute Gasteiger partial charge is 0.0651 e. The van der Waals surface area contributed by atoms with Gasteiger partial charge in [-0.2, -0.15) is 5.10 Å². The van der Waals surface area contributed by atoms with E-state index in [1.54, 1.807) is 0 Å². The molecule has 2 rings (SSSR count). The van der Waals surface area contributed by atoms with Crippen molar-refractivity contribution in [2.45, 2.75) is 58.3 Å². The zero-order valence-corrected chi connectivity index (χ0v) is 12.6. The van der Waals surface area contributed by atoms with Crippen LogP contribution in [0.5, 0.6) is 0 Å². The minimum absolute atomic E-state index is 1.07. The van der Waals surface area contributed by atoms with E-state index >= 15 is 0 Å². The molecule has 2 aromatic rings. The van der Waals surface area contributed by atoms with Crippen LogP contribution in [0.2, 0.25) is 0 Å². The van der Waals surface area contributed by atoms with Crippen molar-refractivity contribution in [1.29, 1.82) is 0 Å². The highest BCUT2D eigenvalue weighted by atomic mass is 15.1. The first-order valence-electron chi connectivity index (χ1n) is 8.07. The third-order valence-corrected chi connectivity index (χ3v) is 3.80. The zero-order valence-electron chi connectivity index (χ0n) is 12.6. The summed E-state index contributed by atoms with van der Waals surface area (Å²) in [4.78, 5) is 0. The molecule has 1 aromatic heterocycles. The van der Waals surface area contributed by atoms with Crippen molar-refractivity contribution in [3.63, 3.8) is 0 Å². The largest absolute Gasteiger partial charge is 0.385 e. The average Bonchev–Trinajstić information content (AvgIpc) is 2.93. The Morgan fingerprint density at radius 2 is 1.75 bits per heavy atom. The van der Waals surface area contributed by atoms with Crippen LogP contribution in [0.25, 0.3) is 10.9 Å². The average molecular weight is 273 g/mol. The normalized spacial score (nSPS) is 11.1. The molecule has 0 saturated carbocycles. The number of unbranched alkanes of at least 4 members (excludes halogenated alkanes) is 7. The number of nitrogens with zero attached hydrogens (tertiary/aromatic N) is 1. The van der Waals surface area contributed by atoms with E-state index in [1.807, 2.05) is 6.20 Å². The number of benzene rings is 1. The van der Waals surface area contributed by atoms with Gasteiger partial charge in [-0.3, -0.25) is 5.10 Å². The molecular weight excluding hydrogens is 246 g/mol. The second-order valence-corrected chi connectivity index (χ2v) is 5.57. The first-order chi connectivity index (χ1) is 9.90. The van der Waals surface area contributed by atoms with E-state index < -0.39 is 0 Å². The number of hydrogen-bond donors (Lipinski definition) is 2. The molecule has 3 heteroatoms. The molecule has 0 atom stereocenters. The zero-order chi connectivity index (χ0) is 14.0. The van der Waals surface area contributed by atoms with Gasteiger partial charge in [0.1, 0.15) is 0 Å². The Balaban J connectivity index is 1.54. The predicted molar refractivity (Wildman–Crippen MR) is 87.2 cm³/mol. The van der Waals surface area contributed by atoms with Gasteiger partial charge in [0, 0.05) is 17.6 Å². The fraction of sp³-hybridized carbons (Fsp3) is 0.588. The maximum atomic E-state index is 4.04. The lowest BCUT2D eigenvalue weighted by Crippen LogP contribution is -2.01. The molecule has 110 valence electrons. The van der Waals surface area contributed by atoms with E-state index in [9.17, 15) is 0 Å². The Morgan fingerprint density at radius 1 is 1.00 bits per heavy atom. The number of fused-ring (bicyclic) bond motifs is 1. The summed E-state index contributed by atoms with van der Waals surface area (Å²) >= 11 is 0. The molecule has 0 aliphatic heterocycles. The number of anilines is 1. The predicted octanol–water partition coefficient (Wildman–Crippen LogP) is 5.12. The summed E-state index contributed by atoms with van der Waals surface area (Å²) < 4.78 is 0. The minimum Gasteiger partial charge on any atom is -0.385 e. The molecule has 0 amide bonds. The second-order valence-electron chi connectivity index (χ2n) is 5.57. The third-order valence-electron chi connectivity index (χ3n) is 3.80. The van der Waals surface area contributed by atoms with Crippen LogP contribution < -0.4 is 5.32 Å². The molecule has 0 spiro atoms. The number of aromatic nitrogens is 2. The van der Waals surface area contributed by atoms with E-state index in [2.05, 4.69) is 40.6 Å². The van der Waals surface area contributed by atoms with Gasteiger partial charge in [0.2, 0.25) is 0 Å². The van der Waals surface area contributed by atoms with Crippen LogP contribution in [-0.4, -0.2) is 16.7 Å². The highest BCUT2D eigenvalue weighted by molar-refractivity contribution is 5.81. The SMILES string of the molecule is CCCCCCCCCCNc1ccc2[nH]ncc2c1. The van der Waals surface area contributed by atoms with Crippen molar-refractivity contribution in [2.24, 2.45) is 0 Å². The molecule has 3 nitrogen and oxygen atoms in total. The van der Waals surface area contributed by atoms with Gasteiger partial charge >= 0.3 is 0 Å². The van der Waals surface area contributed by atoms with Crippen molar-refractivity contribution >= 4 is 16.6 Å². The topological polar surface area (TPSA) is 40.7 Å². The van der Waals surface area contributed by atoms with Crippen LogP contribution >= 0.6 is 0 Å². The molecule has 1 heterocycles. The van der Waals surface area contributed by atoms with Crippen LogP contribution in [0.15, 0.2) is 24.4 Å². The molecule has 0 bridgehead atoms. The number of H-pyrrole nitrogens is 1. The standard InChI is InChI=1S/C17H27N3/c1-2-3-4-5-6-7-8-9-12-18-16-10-11-17-15(13-16)14-19-20-17/h10-11,13-14,18H,2-9,12H2,1H3,(H,19,20). The van der Waals surface area contributed by atoms with Gasteiger partial charge in [0.15, 0.2) is 0 Å². The van der Waals surface area contributed by atoms with E-state index in [0.717, 1.165) is 12.1 Å². The summed E-state index contributed by atoms with van der Waals surface area (Å²) in [5, 5.41) is 11.7. The fourth-order valence-electron chi connectivity index (χ4n) is 2.54. The molecule has 20 heavy (non-hydrogen) atoms. The van der Waals surface area contributed by atoms with Crippen molar-refractivity contribution in [1.82, 2.24) is 10.2 Å². The van der Waals surface area contributed by atoms with Crippen LogP contribution in [0.4, 0.5) is 5.69 Å². The highest BCUT2D eigenvalue weighted by Gasteiger charge is 1.97. The monoisotopic (exact) mass is 273 g/mol. The van der Waals surface area contributed by atoms with E-state index in [1.165, 1.54) is 62.4 Å². The molecule has 0 radical (unpaired) electrons. The summed E-state index contributed by atoms with van der Waals surface area (Å²) in [5.74, 6) is 0. The molecule has 2 N–H and O–H groups in total. The Bertz CT molecular complexity index is 490. The maximum Gasteiger partial charge on any atom is 0.0651 e. The maximum absolute atomic E-state index is 4.04. The molecule has 0 aliphatic rings. The van der Waals surface area contributed by atoms with E-state index in [0.29, 0.717) is 0 Å². The van der Waals surface area contributed by atoms with Crippen molar-refractivity contribution in [3.8, 4) is 0 Å². The van der Waals surface area contributed by atoms with Gasteiger partial charge in [-0.05, 0) is 24.6 Å². The number of hydrogen-bond acceptors (Lipinski definition) is 2. The Labute approximate surface area is 122 Å². The molecule has 0 saturated heterocycles. The summed E-state index contributed by atoms with van der Waals surface area (Å²) in [6.07, 6.45) is 12.8.